The van der Waals surface area contributed by atoms with Gasteiger partial charge in [0.1, 0.15) is 0 Å². The van der Waals surface area contributed by atoms with Crippen molar-refractivity contribution >= 4 is 16.5 Å². The summed E-state index contributed by atoms with van der Waals surface area (Å²) in [6.07, 6.45) is 0. The largest absolute Gasteiger partial charge is 0.273 e. The third kappa shape index (κ3) is 1.35. The lowest BCUT2D eigenvalue weighted by atomic mass is 10.1. The monoisotopic (exact) mass is 174 g/mol. The highest BCUT2D eigenvalue weighted by Gasteiger charge is 2.02. The summed E-state index contributed by atoms with van der Waals surface area (Å²) >= 11 is 0. The van der Waals surface area contributed by atoms with Crippen LogP contribution in [0, 0.1) is 0 Å². The van der Waals surface area contributed by atoms with E-state index in [1.807, 2.05) is 36.4 Å². The average Bonchev–Trinajstić information content (AvgIpc) is 2.17. The number of rotatable bonds is 1. The molecule has 0 heterocycles. The second kappa shape index (κ2) is 3.05. The molecule has 0 aliphatic heterocycles. The van der Waals surface area contributed by atoms with Crippen LogP contribution in [0.2, 0.25) is 0 Å². The van der Waals surface area contributed by atoms with Crippen LogP contribution in [-0.4, -0.2) is 5.21 Å². The van der Waals surface area contributed by atoms with Gasteiger partial charge in [-0.25, -0.2) is 5.84 Å². The third-order valence-corrected chi connectivity index (χ3v) is 2.01. The summed E-state index contributed by atoms with van der Waals surface area (Å²) in [6.45, 7) is 0. The molecule has 0 amide bonds. The van der Waals surface area contributed by atoms with E-state index in [9.17, 15) is 0 Å². The molecule has 0 atom stereocenters. The molecule has 2 rings (SSSR count). The van der Waals surface area contributed by atoms with E-state index in [1.165, 1.54) is 0 Å². The van der Waals surface area contributed by atoms with Gasteiger partial charge in [0.15, 0.2) is 0 Å². The lowest BCUT2D eigenvalue weighted by molar-refractivity contribution is 0.259. The maximum absolute atomic E-state index is 9.13. The highest BCUT2D eigenvalue weighted by molar-refractivity contribution is 5.93. The summed E-state index contributed by atoms with van der Waals surface area (Å²) in [5.41, 5.74) is 0.609. The molecule has 0 bridgehead atoms. The van der Waals surface area contributed by atoms with E-state index in [0.29, 0.717) is 10.9 Å². The fourth-order valence-corrected chi connectivity index (χ4v) is 1.41. The highest BCUT2D eigenvalue weighted by atomic mass is 16.5. The van der Waals surface area contributed by atoms with Crippen molar-refractivity contribution in [3.05, 3.63) is 42.5 Å². The SMILES string of the molecule is NN(O)c1cccc2ccccc12. The van der Waals surface area contributed by atoms with Crippen molar-refractivity contribution in [3.63, 3.8) is 0 Å². The Bertz CT molecular complexity index is 421. The second-order valence-electron chi connectivity index (χ2n) is 2.84. The Labute approximate surface area is 75.9 Å². The number of hydrogen-bond donors (Lipinski definition) is 2. The van der Waals surface area contributed by atoms with Gasteiger partial charge >= 0.3 is 0 Å². The van der Waals surface area contributed by atoms with Crippen molar-refractivity contribution in [2.24, 2.45) is 5.84 Å². The fourth-order valence-electron chi connectivity index (χ4n) is 1.41. The molecule has 2 aromatic rings. The van der Waals surface area contributed by atoms with Crippen LogP contribution < -0.4 is 11.0 Å². The van der Waals surface area contributed by atoms with Crippen LogP contribution in [-0.2, 0) is 0 Å². The van der Waals surface area contributed by atoms with Crippen LogP contribution in [0.4, 0.5) is 5.69 Å². The Morgan fingerprint density at radius 3 is 2.46 bits per heavy atom. The zero-order valence-electron chi connectivity index (χ0n) is 7.01. The first-order valence-corrected chi connectivity index (χ1v) is 4.00. The number of hydrogen-bond acceptors (Lipinski definition) is 3. The van der Waals surface area contributed by atoms with Crippen molar-refractivity contribution in [2.45, 2.75) is 0 Å². The summed E-state index contributed by atoms with van der Waals surface area (Å²) in [6, 6.07) is 13.3. The fraction of sp³-hybridized carbons (Fsp3) is 0. The van der Waals surface area contributed by atoms with E-state index in [4.69, 9.17) is 11.0 Å². The lowest BCUT2D eigenvalue weighted by Crippen LogP contribution is -2.25. The standard InChI is InChI=1S/C10H10N2O/c11-12(13)10-7-3-5-8-4-1-2-6-9(8)10/h1-7,13H,11H2. The van der Waals surface area contributed by atoms with Gasteiger partial charge in [-0.15, -0.1) is 0 Å². The number of fused-ring (bicyclic) bond motifs is 1. The molecule has 0 radical (unpaired) electrons. The number of nitrogens with two attached hydrogens (primary N) is 1. The molecule has 13 heavy (non-hydrogen) atoms. The van der Waals surface area contributed by atoms with E-state index in [2.05, 4.69) is 0 Å². The van der Waals surface area contributed by atoms with Crippen LogP contribution >= 0.6 is 0 Å². The van der Waals surface area contributed by atoms with Crippen molar-refractivity contribution in [2.75, 3.05) is 5.17 Å². The normalized spacial score (nSPS) is 10.3. The molecule has 66 valence electrons. The van der Waals surface area contributed by atoms with Gasteiger partial charge in [-0.3, -0.25) is 5.21 Å². The Morgan fingerprint density at radius 2 is 1.69 bits per heavy atom. The first kappa shape index (κ1) is 8.04. The molecule has 0 saturated carbocycles. The maximum atomic E-state index is 9.13. The van der Waals surface area contributed by atoms with E-state index >= 15 is 0 Å². The Balaban J connectivity index is 2.76. The molecule has 3 nitrogen and oxygen atoms in total. The van der Waals surface area contributed by atoms with E-state index in [-0.39, 0.29) is 0 Å². The number of benzene rings is 2. The van der Waals surface area contributed by atoms with E-state index in [1.54, 1.807) is 6.07 Å². The minimum absolute atomic E-state index is 0.609. The zero-order chi connectivity index (χ0) is 9.26. The summed E-state index contributed by atoms with van der Waals surface area (Å²) in [4.78, 5) is 0. The van der Waals surface area contributed by atoms with Crippen LogP contribution in [0.5, 0.6) is 0 Å². The summed E-state index contributed by atoms with van der Waals surface area (Å²) in [5, 5.41) is 11.8. The summed E-state index contributed by atoms with van der Waals surface area (Å²) in [5.74, 6) is 5.27. The lowest BCUT2D eigenvalue weighted by Gasteiger charge is -2.12. The molecular weight excluding hydrogens is 164 g/mol. The summed E-state index contributed by atoms with van der Waals surface area (Å²) < 4.78 is 0. The minimum Gasteiger partial charge on any atom is -0.273 e. The molecule has 2 aromatic carbocycles. The highest BCUT2D eigenvalue weighted by Crippen LogP contribution is 2.23. The van der Waals surface area contributed by atoms with E-state index < -0.39 is 0 Å². The molecule has 0 aromatic heterocycles. The average molecular weight is 174 g/mol. The van der Waals surface area contributed by atoms with Crippen LogP contribution in [0.1, 0.15) is 0 Å². The van der Waals surface area contributed by atoms with Crippen LogP contribution in [0.15, 0.2) is 42.5 Å². The number of hydrazine groups is 1. The van der Waals surface area contributed by atoms with Gasteiger partial charge in [0.25, 0.3) is 0 Å². The Hall–Kier alpha value is -1.58. The van der Waals surface area contributed by atoms with Crippen molar-refractivity contribution in [1.82, 2.24) is 0 Å². The van der Waals surface area contributed by atoms with Gasteiger partial charge in [-0.05, 0) is 11.5 Å². The Morgan fingerprint density at radius 1 is 1.00 bits per heavy atom. The zero-order valence-corrected chi connectivity index (χ0v) is 7.01. The van der Waals surface area contributed by atoms with Crippen molar-refractivity contribution in [1.29, 1.82) is 0 Å². The van der Waals surface area contributed by atoms with Gasteiger partial charge in [-0.1, -0.05) is 36.4 Å². The topological polar surface area (TPSA) is 49.5 Å². The minimum atomic E-state index is 0.609. The number of anilines is 1. The summed E-state index contributed by atoms with van der Waals surface area (Å²) in [7, 11) is 0. The van der Waals surface area contributed by atoms with Crippen molar-refractivity contribution in [3.8, 4) is 0 Å². The smallest absolute Gasteiger partial charge is 0.0896 e. The third-order valence-electron chi connectivity index (χ3n) is 2.01. The quantitative estimate of drug-likeness (QED) is 0.513. The van der Waals surface area contributed by atoms with Gasteiger partial charge in [0.2, 0.25) is 0 Å². The van der Waals surface area contributed by atoms with Crippen LogP contribution in [0.3, 0.4) is 0 Å². The van der Waals surface area contributed by atoms with Crippen molar-refractivity contribution < 1.29 is 5.21 Å². The first-order chi connectivity index (χ1) is 6.29. The predicted octanol–water partition coefficient (Wildman–Crippen LogP) is 1.91. The molecule has 0 fully saturated rings. The van der Waals surface area contributed by atoms with E-state index in [0.717, 1.165) is 10.8 Å². The predicted molar refractivity (Wildman–Crippen MR) is 52.4 cm³/mol. The molecular formula is C10H10N2O. The molecule has 0 saturated heterocycles. The molecule has 0 unspecified atom stereocenters. The molecule has 0 aliphatic rings. The Kier molecular flexibility index (Phi) is 1.88. The van der Waals surface area contributed by atoms with Gasteiger partial charge in [0, 0.05) is 5.39 Å². The molecule has 3 N–H and O–H groups in total. The van der Waals surface area contributed by atoms with Crippen LogP contribution in [0.25, 0.3) is 10.8 Å². The maximum Gasteiger partial charge on any atom is 0.0896 e. The molecule has 3 heteroatoms. The van der Waals surface area contributed by atoms with Gasteiger partial charge in [0.05, 0.1) is 5.69 Å². The van der Waals surface area contributed by atoms with Gasteiger partial charge in [-0.2, -0.15) is 5.17 Å². The first-order valence-electron chi connectivity index (χ1n) is 4.00. The van der Waals surface area contributed by atoms with Gasteiger partial charge < -0.3 is 0 Å². The molecule has 0 aliphatic carbocycles. The second-order valence-corrected chi connectivity index (χ2v) is 2.84. The number of nitrogens with zero attached hydrogens (tertiary/aromatic N) is 1. The molecule has 0 spiro atoms.